The lowest BCUT2D eigenvalue weighted by Crippen LogP contribution is -2.51. The zero-order valence-corrected chi connectivity index (χ0v) is 10.9. The summed E-state index contributed by atoms with van der Waals surface area (Å²) in [4.78, 5) is 14.0. The first-order valence-corrected chi connectivity index (χ1v) is 6.82. The second kappa shape index (κ2) is 4.98. The number of carbonyl (C=O) groups is 1. The molecule has 1 spiro atoms. The van der Waals surface area contributed by atoms with Crippen molar-refractivity contribution in [1.82, 2.24) is 4.90 Å². The van der Waals surface area contributed by atoms with Crippen LogP contribution in [0.25, 0.3) is 0 Å². The number of carbonyl (C=O) groups excluding carboxylic acids is 1. The summed E-state index contributed by atoms with van der Waals surface area (Å²) in [5.74, 6) is 0.0138. The number of hydrogen-bond acceptors (Lipinski definition) is 4. The zero-order chi connectivity index (χ0) is 13.3. The van der Waals surface area contributed by atoms with Gasteiger partial charge in [-0.05, 0) is 25.3 Å². The topological polar surface area (TPSA) is 62.9 Å². The highest BCUT2D eigenvalue weighted by molar-refractivity contribution is 5.93. The quantitative estimate of drug-likeness (QED) is 0.834. The molecular formula is C14H19NO4. The monoisotopic (exact) mass is 265 g/mol. The standard InChI is InChI=1S/C14H19NO4/c16-12-2-8-19-14(9-12)3-5-15(6-4-14)13(17)11-1-7-18-10-11/h1,7,10,12,16H,2-6,8-9H2. The fourth-order valence-corrected chi connectivity index (χ4v) is 3.04. The lowest BCUT2D eigenvalue weighted by molar-refractivity contribution is -0.139. The first kappa shape index (κ1) is 12.7. The molecule has 3 heterocycles. The van der Waals surface area contributed by atoms with Crippen LogP contribution in [0, 0.1) is 0 Å². The molecule has 5 nitrogen and oxygen atoms in total. The molecule has 1 aromatic rings. The van der Waals surface area contributed by atoms with E-state index >= 15 is 0 Å². The summed E-state index contributed by atoms with van der Waals surface area (Å²) >= 11 is 0. The van der Waals surface area contributed by atoms with Gasteiger partial charge >= 0.3 is 0 Å². The van der Waals surface area contributed by atoms with E-state index in [-0.39, 0.29) is 17.6 Å². The molecule has 1 unspecified atom stereocenters. The Hall–Kier alpha value is -1.33. The van der Waals surface area contributed by atoms with Crippen molar-refractivity contribution in [3.05, 3.63) is 24.2 Å². The number of likely N-dealkylation sites (tertiary alicyclic amines) is 1. The Labute approximate surface area is 112 Å². The van der Waals surface area contributed by atoms with Crippen molar-refractivity contribution in [2.75, 3.05) is 19.7 Å². The van der Waals surface area contributed by atoms with Gasteiger partial charge in [0.2, 0.25) is 0 Å². The van der Waals surface area contributed by atoms with E-state index in [0.29, 0.717) is 31.7 Å². The van der Waals surface area contributed by atoms with Crippen molar-refractivity contribution in [2.24, 2.45) is 0 Å². The Morgan fingerprint density at radius 1 is 1.42 bits per heavy atom. The summed E-state index contributed by atoms with van der Waals surface area (Å²) in [7, 11) is 0. The molecule has 0 bridgehead atoms. The van der Waals surface area contributed by atoms with E-state index in [0.717, 1.165) is 19.3 Å². The van der Waals surface area contributed by atoms with E-state index in [1.165, 1.54) is 12.5 Å². The van der Waals surface area contributed by atoms with Crippen LogP contribution < -0.4 is 0 Å². The molecule has 3 rings (SSSR count). The SMILES string of the molecule is O=C(c1ccoc1)N1CCC2(CC1)CC(O)CCO2. The van der Waals surface area contributed by atoms with Gasteiger partial charge in [-0.1, -0.05) is 0 Å². The summed E-state index contributed by atoms with van der Waals surface area (Å²) < 4.78 is 10.8. The predicted octanol–water partition coefficient (Wildman–Crippen LogP) is 1.43. The number of aliphatic hydroxyl groups is 1. The third-order valence-corrected chi connectivity index (χ3v) is 4.20. The van der Waals surface area contributed by atoms with E-state index in [1.54, 1.807) is 6.07 Å². The molecule has 2 saturated heterocycles. The van der Waals surface area contributed by atoms with E-state index < -0.39 is 0 Å². The maximum atomic E-state index is 12.2. The highest BCUT2D eigenvalue weighted by Gasteiger charge is 2.40. The molecule has 104 valence electrons. The van der Waals surface area contributed by atoms with Crippen LogP contribution in [0.15, 0.2) is 23.0 Å². The summed E-state index contributed by atoms with van der Waals surface area (Å²) in [6.07, 6.45) is 5.75. The fourth-order valence-electron chi connectivity index (χ4n) is 3.04. The van der Waals surface area contributed by atoms with Crippen molar-refractivity contribution in [2.45, 2.75) is 37.4 Å². The van der Waals surface area contributed by atoms with E-state index in [9.17, 15) is 9.90 Å². The molecule has 0 aromatic carbocycles. The van der Waals surface area contributed by atoms with Gasteiger partial charge in [0, 0.05) is 26.1 Å². The third-order valence-electron chi connectivity index (χ3n) is 4.20. The van der Waals surface area contributed by atoms with Gasteiger partial charge in [0.1, 0.15) is 6.26 Å². The molecule has 1 aromatic heterocycles. The number of rotatable bonds is 1. The van der Waals surface area contributed by atoms with E-state index in [2.05, 4.69) is 0 Å². The van der Waals surface area contributed by atoms with Crippen LogP contribution in [0.3, 0.4) is 0 Å². The number of ether oxygens (including phenoxy) is 1. The maximum Gasteiger partial charge on any atom is 0.257 e. The number of amides is 1. The second-order valence-electron chi connectivity index (χ2n) is 5.48. The van der Waals surface area contributed by atoms with Gasteiger partial charge in [-0.3, -0.25) is 4.79 Å². The van der Waals surface area contributed by atoms with Crippen molar-refractivity contribution in [1.29, 1.82) is 0 Å². The minimum Gasteiger partial charge on any atom is -0.472 e. The van der Waals surface area contributed by atoms with Gasteiger partial charge < -0.3 is 19.2 Å². The minimum atomic E-state index is -0.259. The molecule has 5 heteroatoms. The van der Waals surface area contributed by atoms with Crippen molar-refractivity contribution < 1.29 is 19.1 Å². The van der Waals surface area contributed by atoms with Gasteiger partial charge in [0.25, 0.3) is 5.91 Å². The first-order chi connectivity index (χ1) is 9.19. The van der Waals surface area contributed by atoms with Crippen LogP contribution >= 0.6 is 0 Å². The van der Waals surface area contributed by atoms with Crippen LogP contribution in [0.4, 0.5) is 0 Å². The Bertz CT molecular complexity index is 434. The molecule has 2 aliphatic heterocycles. The average molecular weight is 265 g/mol. The van der Waals surface area contributed by atoms with Crippen LogP contribution in [0.5, 0.6) is 0 Å². The van der Waals surface area contributed by atoms with Gasteiger partial charge in [-0.2, -0.15) is 0 Å². The normalized spacial score (nSPS) is 26.6. The molecule has 0 radical (unpaired) electrons. The van der Waals surface area contributed by atoms with Gasteiger partial charge in [0.05, 0.1) is 23.5 Å². The Kier molecular flexibility index (Phi) is 3.33. The van der Waals surface area contributed by atoms with E-state index in [4.69, 9.17) is 9.15 Å². The van der Waals surface area contributed by atoms with Crippen LogP contribution in [0.1, 0.15) is 36.0 Å². The number of nitrogens with zero attached hydrogens (tertiary/aromatic N) is 1. The molecule has 1 atom stereocenters. The predicted molar refractivity (Wildman–Crippen MR) is 67.8 cm³/mol. The largest absolute Gasteiger partial charge is 0.472 e. The Morgan fingerprint density at radius 2 is 2.21 bits per heavy atom. The summed E-state index contributed by atoms with van der Waals surface area (Å²) in [6.45, 7) is 1.98. The number of furan rings is 1. The molecular weight excluding hydrogens is 246 g/mol. The Morgan fingerprint density at radius 3 is 2.84 bits per heavy atom. The van der Waals surface area contributed by atoms with Crippen molar-refractivity contribution >= 4 is 5.91 Å². The molecule has 1 amide bonds. The molecule has 19 heavy (non-hydrogen) atoms. The molecule has 0 saturated carbocycles. The average Bonchev–Trinajstić information content (AvgIpc) is 2.92. The van der Waals surface area contributed by atoms with Gasteiger partial charge in [-0.15, -0.1) is 0 Å². The van der Waals surface area contributed by atoms with Crippen LogP contribution in [0.2, 0.25) is 0 Å². The number of hydrogen-bond donors (Lipinski definition) is 1. The smallest absolute Gasteiger partial charge is 0.257 e. The lowest BCUT2D eigenvalue weighted by Gasteiger charge is -2.45. The summed E-state index contributed by atoms with van der Waals surface area (Å²) in [5.41, 5.74) is 0.380. The van der Waals surface area contributed by atoms with Crippen LogP contribution in [-0.2, 0) is 4.74 Å². The van der Waals surface area contributed by atoms with Crippen molar-refractivity contribution in [3.63, 3.8) is 0 Å². The van der Waals surface area contributed by atoms with Crippen molar-refractivity contribution in [3.8, 4) is 0 Å². The zero-order valence-electron chi connectivity index (χ0n) is 10.9. The first-order valence-electron chi connectivity index (χ1n) is 6.82. The highest BCUT2D eigenvalue weighted by Crippen LogP contribution is 2.35. The van der Waals surface area contributed by atoms with Gasteiger partial charge in [-0.25, -0.2) is 0 Å². The summed E-state index contributed by atoms with van der Waals surface area (Å²) in [6, 6.07) is 1.69. The lowest BCUT2D eigenvalue weighted by atomic mass is 9.83. The van der Waals surface area contributed by atoms with E-state index in [1.807, 2.05) is 4.90 Å². The third kappa shape index (κ3) is 2.53. The van der Waals surface area contributed by atoms with Gasteiger partial charge in [0.15, 0.2) is 0 Å². The number of piperidine rings is 1. The minimum absolute atomic E-state index is 0.0138. The number of aliphatic hydroxyl groups excluding tert-OH is 1. The fraction of sp³-hybridized carbons (Fsp3) is 0.643. The second-order valence-corrected chi connectivity index (χ2v) is 5.48. The molecule has 1 N–H and O–H groups in total. The molecule has 2 fully saturated rings. The Balaban J connectivity index is 1.61. The molecule has 2 aliphatic rings. The molecule has 0 aliphatic carbocycles. The maximum absolute atomic E-state index is 12.2. The summed E-state index contributed by atoms with van der Waals surface area (Å²) in [5, 5.41) is 9.78. The highest BCUT2D eigenvalue weighted by atomic mass is 16.5. The van der Waals surface area contributed by atoms with Crippen LogP contribution in [-0.4, -0.2) is 47.3 Å².